The molecule has 1 fully saturated rings. The second-order valence-corrected chi connectivity index (χ2v) is 5.59. The minimum absolute atomic E-state index is 0.0873. The van der Waals surface area contributed by atoms with E-state index >= 15 is 0 Å². The van der Waals surface area contributed by atoms with Crippen LogP contribution in [-0.4, -0.2) is 18.6 Å². The van der Waals surface area contributed by atoms with Crippen molar-refractivity contribution < 1.29 is 17.9 Å². The van der Waals surface area contributed by atoms with Gasteiger partial charge in [-0.05, 0) is 43.0 Å². The van der Waals surface area contributed by atoms with Crippen LogP contribution >= 0.6 is 0 Å². The maximum absolute atomic E-state index is 14.0. The number of fused-ring (bicyclic) bond motifs is 1. The number of hydrogen-bond donors (Lipinski definition) is 2. The zero-order chi connectivity index (χ0) is 15.4. The highest BCUT2D eigenvalue weighted by Gasteiger charge is 2.59. The molecular formula is C14H16F3N3O. The highest BCUT2D eigenvalue weighted by Crippen LogP contribution is 2.53. The van der Waals surface area contributed by atoms with Crippen molar-refractivity contribution in [3.05, 3.63) is 29.1 Å². The number of rotatable bonds is 2. The fourth-order valence-electron chi connectivity index (χ4n) is 3.26. The summed E-state index contributed by atoms with van der Waals surface area (Å²) in [6.45, 7) is 1.45. The molecule has 21 heavy (non-hydrogen) atoms. The number of aliphatic imine (C=N–C) groups is 1. The Morgan fingerprint density at radius 3 is 2.62 bits per heavy atom. The number of nitrogens with zero attached hydrogens (tertiary/aromatic N) is 1. The minimum atomic E-state index is -2.83. The number of benzene rings is 1. The number of hydrogen-bond acceptors (Lipinski definition) is 4. The molecule has 0 aromatic heterocycles. The molecular weight excluding hydrogens is 283 g/mol. The predicted octanol–water partition coefficient (Wildman–Crippen LogP) is 2.30. The van der Waals surface area contributed by atoms with Crippen molar-refractivity contribution in [2.24, 2.45) is 16.6 Å². The van der Waals surface area contributed by atoms with Gasteiger partial charge in [-0.3, -0.25) is 0 Å². The molecule has 1 saturated carbocycles. The van der Waals surface area contributed by atoms with Crippen molar-refractivity contribution in [3.63, 3.8) is 0 Å². The second-order valence-electron chi connectivity index (χ2n) is 5.59. The third-order valence-electron chi connectivity index (χ3n) is 4.47. The van der Waals surface area contributed by atoms with Gasteiger partial charge in [0.15, 0.2) is 5.54 Å². The zero-order valence-electron chi connectivity index (χ0n) is 11.4. The molecule has 1 aromatic rings. The van der Waals surface area contributed by atoms with Gasteiger partial charge in [-0.25, -0.2) is 18.2 Å². The van der Waals surface area contributed by atoms with E-state index in [9.17, 15) is 13.2 Å². The molecule has 7 heteroatoms. The largest absolute Gasteiger partial charge is 0.462 e. The number of alkyl halides is 2. The Morgan fingerprint density at radius 1 is 1.33 bits per heavy atom. The number of amidine groups is 1. The van der Waals surface area contributed by atoms with Crippen LogP contribution in [0.5, 0.6) is 0 Å². The fraction of sp³-hybridized carbons (Fsp3) is 0.500. The molecule has 4 N–H and O–H groups in total. The molecule has 1 heterocycles. The lowest BCUT2D eigenvalue weighted by atomic mass is 9.64. The summed E-state index contributed by atoms with van der Waals surface area (Å²) in [6.07, 6.45) is -2.06. The molecule has 1 aromatic carbocycles. The van der Waals surface area contributed by atoms with Crippen LogP contribution in [0.25, 0.3) is 0 Å². The second kappa shape index (κ2) is 4.54. The van der Waals surface area contributed by atoms with Crippen LogP contribution in [0.2, 0.25) is 0 Å². The summed E-state index contributed by atoms with van der Waals surface area (Å²) in [5.74, 6) is -1.15. The molecule has 0 spiro atoms. The van der Waals surface area contributed by atoms with Gasteiger partial charge < -0.3 is 16.2 Å². The normalized spacial score (nSPS) is 31.2. The monoisotopic (exact) mass is 299 g/mol. The first-order valence-corrected chi connectivity index (χ1v) is 6.72. The van der Waals surface area contributed by atoms with Crippen molar-refractivity contribution in [1.29, 1.82) is 0 Å². The van der Waals surface area contributed by atoms with Crippen LogP contribution in [0, 0.1) is 18.7 Å². The number of nitrogens with two attached hydrogens (primary N) is 2. The number of ether oxygens (including phenoxy) is 1. The molecule has 0 saturated heterocycles. The van der Waals surface area contributed by atoms with Gasteiger partial charge in [-0.2, -0.15) is 0 Å². The SMILES string of the molecule is Cc1c(F)cc(N)cc1C1(C(F)F)N=C(N)OC2CCC21. The van der Waals surface area contributed by atoms with Gasteiger partial charge in [0.2, 0.25) is 0 Å². The third kappa shape index (κ3) is 1.86. The van der Waals surface area contributed by atoms with Crippen LogP contribution in [-0.2, 0) is 10.3 Å². The van der Waals surface area contributed by atoms with E-state index in [-0.39, 0.29) is 22.8 Å². The highest BCUT2D eigenvalue weighted by atomic mass is 19.3. The molecule has 1 aliphatic heterocycles. The summed E-state index contributed by atoms with van der Waals surface area (Å²) in [5.41, 5.74) is 9.61. The minimum Gasteiger partial charge on any atom is -0.462 e. The first kappa shape index (κ1) is 14.0. The maximum atomic E-state index is 14.0. The van der Waals surface area contributed by atoms with E-state index in [1.807, 2.05) is 0 Å². The molecule has 1 aliphatic carbocycles. The smallest absolute Gasteiger partial charge is 0.283 e. The van der Waals surface area contributed by atoms with Crippen LogP contribution in [0.4, 0.5) is 18.9 Å². The summed E-state index contributed by atoms with van der Waals surface area (Å²) < 4.78 is 47.1. The topological polar surface area (TPSA) is 73.6 Å². The van der Waals surface area contributed by atoms with E-state index in [0.29, 0.717) is 12.8 Å². The van der Waals surface area contributed by atoms with Crippen molar-refractivity contribution in [1.82, 2.24) is 0 Å². The molecule has 3 rings (SSSR count). The van der Waals surface area contributed by atoms with E-state index in [4.69, 9.17) is 16.2 Å². The molecule has 0 bridgehead atoms. The molecule has 3 atom stereocenters. The predicted molar refractivity (Wildman–Crippen MR) is 72.5 cm³/mol. The Bertz CT molecular complexity index is 620. The van der Waals surface area contributed by atoms with Crippen molar-refractivity contribution in [3.8, 4) is 0 Å². The fourth-order valence-corrected chi connectivity index (χ4v) is 3.26. The Balaban J connectivity index is 2.26. The lowest BCUT2D eigenvalue weighted by Gasteiger charge is -2.50. The van der Waals surface area contributed by atoms with Crippen LogP contribution in [0.1, 0.15) is 24.0 Å². The van der Waals surface area contributed by atoms with Gasteiger partial charge in [-0.15, -0.1) is 0 Å². The molecule has 114 valence electrons. The van der Waals surface area contributed by atoms with Crippen LogP contribution in [0.3, 0.4) is 0 Å². The average Bonchev–Trinajstić information content (AvgIpc) is 2.36. The van der Waals surface area contributed by atoms with E-state index in [1.54, 1.807) is 0 Å². The van der Waals surface area contributed by atoms with Gasteiger partial charge in [0, 0.05) is 11.6 Å². The summed E-state index contributed by atoms with van der Waals surface area (Å²) >= 11 is 0. The van der Waals surface area contributed by atoms with Crippen molar-refractivity contribution in [2.75, 3.05) is 5.73 Å². The van der Waals surface area contributed by atoms with Gasteiger partial charge in [0.1, 0.15) is 11.9 Å². The Morgan fingerprint density at radius 2 is 2.05 bits per heavy atom. The van der Waals surface area contributed by atoms with E-state index < -0.39 is 29.8 Å². The van der Waals surface area contributed by atoms with E-state index in [2.05, 4.69) is 4.99 Å². The van der Waals surface area contributed by atoms with Gasteiger partial charge in [-0.1, -0.05) is 0 Å². The van der Waals surface area contributed by atoms with E-state index in [0.717, 1.165) is 6.07 Å². The number of halogens is 3. The molecule has 0 amide bonds. The standard InChI is InChI=1S/C14H16F3N3O/c1-6-9(4-7(18)5-10(6)15)14(12(16)17)8-2-3-11(8)21-13(19)20-14/h4-5,8,11-12H,2-3,18H2,1H3,(H2,19,20). The Labute approximate surface area is 120 Å². The summed E-state index contributed by atoms with van der Waals surface area (Å²) in [4.78, 5) is 3.91. The molecule has 4 nitrogen and oxygen atoms in total. The van der Waals surface area contributed by atoms with E-state index in [1.165, 1.54) is 13.0 Å². The van der Waals surface area contributed by atoms with Gasteiger partial charge in [0.25, 0.3) is 12.4 Å². The number of anilines is 1. The van der Waals surface area contributed by atoms with Crippen LogP contribution < -0.4 is 11.5 Å². The third-order valence-corrected chi connectivity index (χ3v) is 4.47. The maximum Gasteiger partial charge on any atom is 0.283 e. The summed E-state index contributed by atoms with van der Waals surface area (Å²) in [5, 5.41) is 0. The first-order chi connectivity index (χ1) is 9.86. The Kier molecular flexibility index (Phi) is 3.04. The lowest BCUT2D eigenvalue weighted by molar-refractivity contribution is -0.0940. The lowest BCUT2D eigenvalue weighted by Crippen LogP contribution is -2.57. The molecule has 2 aliphatic rings. The summed E-state index contributed by atoms with van der Waals surface area (Å²) in [7, 11) is 0. The van der Waals surface area contributed by atoms with Gasteiger partial charge in [0.05, 0.1) is 0 Å². The van der Waals surface area contributed by atoms with Gasteiger partial charge >= 0.3 is 0 Å². The Hall–Kier alpha value is -1.92. The molecule has 0 radical (unpaired) electrons. The number of nitrogen functional groups attached to an aromatic ring is 1. The van der Waals surface area contributed by atoms with Crippen molar-refractivity contribution in [2.45, 2.75) is 37.8 Å². The average molecular weight is 299 g/mol. The highest BCUT2D eigenvalue weighted by molar-refractivity contribution is 5.74. The zero-order valence-corrected chi connectivity index (χ0v) is 11.4. The summed E-state index contributed by atoms with van der Waals surface area (Å²) in [6, 6.07) is 2.20. The first-order valence-electron chi connectivity index (χ1n) is 6.72. The van der Waals surface area contributed by atoms with Crippen LogP contribution in [0.15, 0.2) is 17.1 Å². The quantitative estimate of drug-likeness (QED) is 0.823. The molecule has 3 unspecified atom stereocenters. The van der Waals surface area contributed by atoms with Crippen molar-refractivity contribution >= 4 is 11.7 Å².